The summed E-state index contributed by atoms with van der Waals surface area (Å²) in [4.78, 5) is 19.8. The van der Waals surface area contributed by atoms with Crippen molar-refractivity contribution in [2.45, 2.75) is 0 Å². The summed E-state index contributed by atoms with van der Waals surface area (Å²) in [5, 5.41) is 0. The predicted molar refractivity (Wildman–Crippen MR) is 59.0 cm³/mol. The number of rotatable bonds is 1. The molecule has 3 nitrogen and oxygen atoms in total. The second kappa shape index (κ2) is 11.0. The van der Waals surface area contributed by atoms with Gasteiger partial charge >= 0.3 is 71.1 Å². The number of esters is 2. The van der Waals surface area contributed by atoms with Gasteiger partial charge in [-0.05, 0) is 5.56 Å². The molecule has 17 heavy (non-hydrogen) atoms. The molecule has 1 aromatic rings. The van der Waals surface area contributed by atoms with Gasteiger partial charge in [0.15, 0.2) is 0 Å². The minimum absolute atomic E-state index is 0. The molecule has 5 heteroatoms. The topological polar surface area (TPSA) is 43.4 Å². The van der Waals surface area contributed by atoms with Gasteiger partial charge in [-0.25, -0.2) is 9.59 Å². The van der Waals surface area contributed by atoms with Gasteiger partial charge in [0.25, 0.3) is 0 Å². The smallest absolute Gasteiger partial charge is 1.00 e. The van der Waals surface area contributed by atoms with Crippen LogP contribution in [0.1, 0.15) is 8.42 Å². The fourth-order valence-corrected chi connectivity index (χ4v) is 0.892. The maximum Gasteiger partial charge on any atom is 1.00 e. The molecule has 80 valence electrons. The molecule has 1 heterocycles. The summed E-state index contributed by atoms with van der Waals surface area (Å²) in [6, 6.07) is 10.0. The molecular formula is C12H12Na2O3. The largest absolute Gasteiger partial charge is 1.00 e. The van der Waals surface area contributed by atoms with Crippen LogP contribution in [0.5, 0.6) is 0 Å². The third kappa shape index (κ3) is 8.55. The molecule has 0 saturated carbocycles. The van der Waals surface area contributed by atoms with Crippen molar-refractivity contribution in [3.8, 4) is 0 Å². The number of benzene rings is 1. The standard InChI is InChI=1S/C8H8.C4H2O3.2Na.2H/c1-2-8-6-4-3-5-7-8;5-3-1-2-4(6)7-3;;;;/h2-7H,1H2;1-2H;;;;/q;;2*+1;2*-1. The average Bonchev–Trinajstić information content (AvgIpc) is 2.65. The maximum absolute atomic E-state index is 9.92. The van der Waals surface area contributed by atoms with E-state index in [9.17, 15) is 9.59 Å². The van der Waals surface area contributed by atoms with Crippen molar-refractivity contribution in [3.05, 3.63) is 54.6 Å². The molecule has 1 aliphatic heterocycles. The Hall–Kier alpha value is -0.160. The number of hydrogen-bond donors (Lipinski definition) is 0. The van der Waals surface area contributed by atoms with E-state index in [-0.39, 0.29) is 62.0 Å². The van der Waals surface area contributed by atoms with Crippen LogP contribution in [0.15, 0.2) is 49.1 Å². The van der Waals surface area contributed by atoms with E-state index in [1.807, 2.05) is 36.4 Å². The summed E-state index contributed by atoms with van der Waals surface area (Å²) < 4.78 is 3.97. The Morgan fingerprint density at radius 1 is 1.00 bits per heavy atom. The fraction of sp³-hybridized carbons (Fsp3) is 0. The Kier molecular flexibility index (Phi) is 12.4. The Bertz CT molecular complexity index is 393. The van der Waals surface area contributed by atoms with Crippen LogP contribution in [0, 0.1) is 0 Å². The number of cyclic esters (lactones) is 2. The molecule has 0 N–H and O–H groups in total. The van der Waals surface area contributed by atoms with Gasteiger partial charge in [-0.15, -0.1) is 0 Å². The van der Waals surface area contributed by atoms with Gasteiger partial charge in [-0.2, -0.15) is 0 Å². The van der Waals surface area contributed by atoms with Gasteiger partial charge in [-0.3, -0.25) is 0 Å². The first-order chi connectivity index (χ1) is 7.22. The molecule has 0 saturated heterocycles. The number of hydrogen-bond acceptors (Lipinski definition) is 3. The molecular weight excluding hydrogens is 238 g/mol. The van der Waals surface area contributed by atoms with Crippen LogP contribution in [-0.4, -0.2) is 11.9 Å². The fourth-order valence-electron chi connectivity index (χ4n) is 0.892. The first kappa shape index (κ1) is 19.2. The number of carbonyl (C=O) groups is 2. The minimum Gasteiger partial charge on any atom is -1.00 e. The molecule has 0 bridgehead atoms. The van der Waals surface area contributed by atoms with E-state index >= 15 is 0 Å². The zero-order chi connectivity index (χ0) is 11.1. The molecule has 0 fully saturated rings. The van der Waals surface area contributed by atoms with Crippen LogP contribution in [0.3, 0.4) is 0 Å². The molecule has 0 aliphatic carbocycles. The zero-order valence-corrected chi connectivity index (χ0v) is 14.1. The van der Waals surface area contributed by atoms with E-state index in [1.165, 1.54) is 5.56 Å². The third-order valence-electron chi connectivity index (χ3n) is 1.59. The van der Waals surface area contributed by atoms with Crippen molar-refractivity contribution in [2.24, 2.45) is 0 Å². The molecule has 0 atom stereocenters. The Labute approximate surface area is 147 Å². The first-order valence-electron chi connectivity index (χ1n) is 4.33. The molecule has 0 spiro atoms. The SMILES string of the molecule is C=Cc1ccccc1.O=C1C=CC(=O)O1.[H-].[H-].[Na+].[Na+]. The normalized spacial score (nSPS) is 11.3. The molecule has 1 aliphatic rings. The van der Waals surface area contributed by atoms with Gasteiger partial charge in [0, 0.05) is 12.2 Å². The average molecular weight is 250 g/mol. The van der Waals surface area contributed by atoms with E-state index in [1.54, 1.807) is 0 Å². The van der Waals surface area contributed by atoms with Crippen molar-refractivity contribution in [3.63, 3.8) is 0 Å². The molecule has 0 radical (unpaired) electrons. The molecule has 2 rings (SSSR count). The summed E-state index contributed by atoms with van der Waals surface area (Å²) in [5.74, 6) is -1.16. The van der Waals surface area contributed by atoms with Crippen LogP contribution >= 0.6 is 0 Å². The van der Waals surface area contributed by atoms with Crippen LogP contribution in [0.4, 0.5) is 0 Å². The number of ether oxygens (including phenoxy) is 1. The van der Waals surface area contributed by atoms with E-state index in [2.05, 4.69) is 11.3 Å². The van der Waals surface area contributed by atoms with E-state index in [0.29, 0.717) is 0 Å². The third-order valence-corrected chi connectivity index (χ3v) is 1.59. The monoisotopic (exact) mass is 250 g/mol. The Balaban J connectivity index is -0.0000000983. The van der Waals surface area contributed by atoms with Gasteiger partial charge < -0.3 is 7.59 Å². The van der Waals surface area contributed by atoms with Gasteiger partial charge in [0.1, 0.15) is 0 Å². The second-order valence-corrected chi connectivity index (χ2v) is 2.69. The molecule has 1 aromatic carbocycles. The van der Waals surface area contributed by atoms with Crippen LogP contribution in [-0.2, 0) is 14.3 Å². The van der Waals surface area contributed by atoms with Crippen LogP contribution < -0.4 is 59.1 Å². The summed E-state index contributed by atoms with van der Waals surface area (Å²) in [6.45, 7) is 3.63. The van der Waals surface area contributed by atoms with Crippen molar-refractivity contribution in [1.82, 2.24) is 0 Å². The van der Waals surface area contributed by atoms with Gasteiger partial charge in [0.05, 0.1) is 0 Å². The van der Waals surface area contributed by atoms with E-state index in [0.717, 1.165) is 12.2 Å². The molecule has 0 aromatic heterocycles. The summed E-state index contributed by atoms with van der Waals surface area (Å²) in [7, 11) is 0. The van der Waals surface area contributed by atoms with Gasteiger partial charge in [0.2, 0.25) is 0 Å². The van der Waals surface area contributed by atoms with E-state index in [4.69, 9.17) is 0 Å². The maximum atomic E-state index is 9.92. The van der Waals surface area contributed by atoms with Crippen LogP contribution in [0.2, 0.25) is 0 Å². The first-order valence-corrected chi connectivity index (χ1v) is 4.33. The van der Waals surface area contributed by atoms with Gasteiger partial charge in [-0.1, -0.05) is 43.0 Å². The second-order valence-electron chi connectivity index (χ2n) is 2.69. The van der Waals surface area contributed by atoms with E-state index < -0.39 is 11.9 Å². The quantitative estimate of drug-likeness (QED) is 0.291. The zero-order valence-electron chi connectivity index (χ0n) is 12.1. The van der Waals surface area contributed by atoms with Crippen molar-refractivity contribution in [2.75, 3.05) is 0 Å². The van der Waals surface area contributed by atoms with Crippen LogP contribution in [0.25, 0.3) is 6.08 Å². The van der Waals surface area contributed by atoms with Crippen molar-refractivity contribution < 1.29 is 76.3 Å². The number of carbonyl (C=O) groups excluding carboxylic acids is 2. The summed E-state index contributed by atoms with van der Waals surface area (Å²) in [6.07, 6.45) is 4.00. The molecule has 0 unspecified atom stereocenters. The minimum atomic E-state index is -0.579. The predicted octanol–water partition coefficient (Wildman–Crippen LogP) is -3.81. The summed E-state index contributed by atoms with van der Waals surface area (Å²) in [5.41, 5.74) is 1.17. The van der Waals surface area contributed by atoms with Crippen molar-refractivity contribution in [1.29, 1.82) is 0 Å². The summed E-state index contributed by atoms with van der Waals surface area (Å²) >= 11 is 0. The Morgan fingerprint density at radius 3 is 1.71 bits per heavy atom. The molecule has 0 amide bonds. The van der Waals surface area contributed by atoms with Crippen molar-refractivity contribution >= 4 is 18.0 Å². The Morgan fingerprint density at radius 2 is 1.47 bits per heavy atom.